The first-order valence-corrected chi connectivity index (χ1v) is 21.7. The maximum absolute atomic E-state index is 13.6. The fourth-order valence-electron chi connectivity index (χ4n) is 6.18. The van der Waals surface area contributed by atoms with E-state index in [9.17, 15) is 26.7 Å². The van der Waals surface area contributed by atoms with Gasteiger partial charge in [0.25, 0.3) is 5.91 Å². The van der Waals surface area contributed by atoms with Crippen LogP contribution in [0.1, 0.15) is 104 Å². The Morgan fingerprint density at radius 2 is 1.34 bits per heavy atom. The van der Waals surface area contributed by atoms with Crippen molar-refractivity contribution in [1.82, 2.24) is 0 Å². The van der Waals surface area contributed by atoms with Crippen molar-refractivity contribution >= 4 is 48.2 Å². The van der Waals surface area contributed by atoms with Crippen molar-refractivity contribution in [2.75, 3.05) is 16.3 Å². The molecular formula is C41H54N2O8S2. The molecule has 0 saturated heterocycles. The van der Waals surface area contributed by atoms with Crippen molar-refractivity contribution in [3.05, 3.63) is 84.4 Å². The molecule has 0 spiro atoms. The average molecular weight is 767 g/mol. The number of nitrogens with one attached hydrogen (secondary N) is 2. The largest absolute Gasteiger partial charge is 0.508 e. The molecule has 0 aliphatic rings. The minimum Gasteiger partial charge on any atom is -0.508 e. The molecule has 0 saturated carbocycles. The summed E-state index contributed by atoms with van der Waals surface area (Å²) in [6.45, 7) is 8.21. The van der Waals surface area contributed by atoms with Gasteiger partial charge in [0.15, 0.2) is 6.10 Å². The smallest absolute Gasteiger partial charge is 0.339 e. The van der Waals surface area contributed by atoms with Gasteiger partial charge in [-0.1, -0.05) is 110 Å². The van der Waals surface area contributed by atoms with Gasteiger partial charge in [0.1, 0.15) is 22.1 Å². The predicted octanol–water partition coefficient (Wildman–Crippen LogP) is 9.68. The molecule has 1 unspecified atom stereocenters. The Morgan fingerprint density at radius 3 is 1.94 bits per heavy atom. The van der Waals surface area contributed by atoms with E-state index >= 15 is 0 Å². The summed E-state index contributed by atoms with van der Waals surface area (Å²) in [5.74, 6) is 0.338. The van der Waals surface area contributed by atoms with E-state index in [2.05, 4.69) is 17.0 Å². The molecule has 4 aromatic carbocycles. The van der Waals surface area contributed by atoms with Gasteiger partial charge in [0.05, 0.1) is 11.9 Å². The topological polar surface area (TPSA) is 148 Å². The molecule has 0 aliphatic heterocycles. The van der Waals surface area contributed by atoms with Gasteiger partial charge in [-0.2, -0.15) is 8.42 Å². The number of rotatable bonds is 20. The molecule has 12 heteroatoms. The first-order valence-electron chi connectivity index (χ1n) is 18.4. The number of ether oxygens (including phenoxy) is 1. The summed E-state index contributed by atoms with van der Waals surface area (Å²) in [6.07, 6.45) is 12.4. The number of carbonyl (C=O) groups is 1. The van der Waals surface area contributed by atoms with E-state index in [-0.39, 0.29) is 33.4 Å². The van der Waals surface area contributed by atoms with Crippen LogP contribution < -0.4 is 19.0 Å². The van der Waals surface area contributed by atoms with Crippen molar-refractivity contribution in [3.63, 3.8) is 0 Å². The second kappa shape index (κ2) is 18.6. The number of phenolic OH excluding ortho intramolecular Hbond substituents is 1. The number of unbranched alkanes of at least 4 members (excludes halogenated alkanes) is 9. The van der Waals surface area contributed by atoms with Crippen molar-refractivity contribution in [2.24, 2.45) is 0 Å². The lowest BCUT2D eigenvalue weighted by molar-refractivity contribution is -0.123. The molecule has 0 heterocycles. The van der Waals surface area contributed by atoms with Crippen molar-refractivity contribution in [3.8, 4) is 17.2 Å². The van der Waals surface area contributed by atoms with Crippen LogP contribution >= 0.6 is 0 Å². The van der Waals surface area contributed by atoms with E-state index in [4.69, 9.17) is 8.92 Å². The number of phenols is 1. The van der Waals surface area contributed by atoms with Gasteiger partial charge in [-0.3, -0.25) is 9.52 Å². The van der Waals surface area contributed by atoms with Gasteiger partial charge < -0.3 is 19.3 Å². The Balaban J connectivity index is 1.44. The zero-order valence-corrected chi connectivity index (χ0v) is 33.1. The molecule has 53 heavy (non-hydrogen) atoms. The fraction of sp³-hybridized carbons (Fsp3) is 0.439. The van der Waals surface area contributed by atoms with Crippen LogP contribution in [-0.4, -0.2) is 40.2 Å². The number of sulfonamides is 1. The SMILES string of the molecule is CCCCCCCCCCCCC(Oc1ccc(O)c(C(C)(C)C)c1)C(=O)Nc1ccc(OS(=O)(=O)c2ccc(NS(C)(=O)=O)c3ccccc23)cc1. The number of amides is 1. The molecule has 4 aromatic rings. The highest BCUT2D eigenvalue weighted by Crippen LogP contribution is 2.35. The zero-order chi connectivity index (χ0) is 38.6. The third-order valence-corrected chi connectivity index (χ3v) is 10.8. The highest BCUT2D eigenvalue weighted by atomic mass is 32.2. The third-order valence-electron chi connectivity index (χ3n) is 8.94. The van der Waals surface area contributed by atoms with Crippen LogP contribution in [0, 0.1) is 0 Å². The van der Waals surface area contributed by atoms with Gasteiger partial charge in [0, 0.05) is 22.0 Å². The Bertz CT molecular complexity index is 2040. The normalized spacial score (nSPS) is 12.7. The molecule has 0 fully saturated rings. The number of benzene rings is 4. The number of hydrogen-bond acceptors (Lipinski definition) is 8. The Labute approximate surface area is 315 Å². The third kappa shape index (κ3) is 12.7. The minimum atomic E-state index is -4.33. The molecule has 3 N–H and O–H groups in total. The second-order valence-electron chi connectivity index (χ2n) is 14.6. The lowest BCUT2D eigenvalue weighted by Gasteiger charge is -2.23. The van der Waals surface area contributed by atoms with E-state index in [1.165, 1.54) is 69.2 Å². The van der Waals surface area contributed by atoms with Crippen molar-refractivity contribution < 1.29 is 35.7 Å². The molecule has 1 atom stereocenters. The minimum absolute atomic E-state index is 0.0300. The average Bonchev–Trinajstić information content (AvgIpc) is 3.09. The van der Waals surface area contributed by atoms with E-state index in [0.717, 1.165) is 25.5 Å². The first kappa shape index (κ1) is 41.5. The summed E-state index contributed by atoms with van der Waals surface area (Å²) in [4.78, 5) is 13.5. The van der Waals surface area contributed by atoms with E-state index in [0.29, 0.717) is 34.2 Å². The lowest BCUT2D eigenvalue weighted by atomic mass is 9.86. The monoisotopic (exact) mass is 766 g/mol. The van der Waals surface area contributed by atoms with Crippen LogP contribution in [0.5, 0.6) is 17.2 Å². The summed E-state index contributed by atoms with van der Waals surface area (Å²) >= 11 is 0. The molecular weight excluding hydrogens is 713 g/mol. The molecule has 288 valence electrons. The summed E-state index contributed by atoms with van der Waals surface area (Å²) in [7, 11) is -7.93. The van der Waals surface area contributed by atoms with Crippen LogP contribution in [-0.2, 0) is 30.4 Å². The number of carbonyl (C=O) groups excluding carboxylic acids is 1. The molecule has 0 bridgehead atoms. The summed E-state index contributed by atoms with van der Waals surface area (Å²) in [5, 5.41) is 14.1. The molecule has 0 aromatic heterocycles. The van der Waals surface area contributed by atoms with E-state index < -0.39 is 26.2 Å². The van der Waals surface area contributed by atoms with Crippen molar-refractivity contribution in [2.45, 2.75) is 115 Å². The Morgan fingerprint density at radius 1 is 0.755 bits per heavy atom. The van der Waals surface area contributed by atoms with E-state index in [1.807, 2.05) is 20.8 Å². The molecule has 0 radical (unpaired) electrons. The number of fused-ring (bicyclic) bond motifs is 1. The van der Waals surface area contributed by atoms with Crippen molar-refractivity contribution in [1.29, 1.82) is 0 Å². The maximum Gasteiger partial charge on any atom is 0.339 e. The van der Waals surface area contributed by atoms with Gasteiger partial charge in [-0.25, -0.2) is 8.42 Å². The Kier molecular flexibility index (Phi) is 14.6. The quantitative estimate of drug-likeness (QED) is 0.0595. The van der Waals surface area contributed by atoms with Gasteiger partial charge >= 0.3 is 10.1 Å². The van der Waals surface area contributed by atoms with E-state index in [1.54, 1.807) is 54.6 Å². The number of anilines is 2. The summed E-state index contributed by atoms with van der Waals surface area (Å²) in [6, 6.07) is 20.2. The molecule has 1 amide bonds. The highest BCUT2D eigenvalue weighted by Gasteiger charge is 2.25. The molecule has 0 aliphatic carbocycles. The zero-order valence-electron chi connectivity index (χ0n) is 31.5. The second-order valence-corrected chi connectivity index (χ2v) is 17.9. The predicted molar refractivity (Wildman–Crippen MR) is 213 cm³/mol. The lowest BCUT2D eigenvalue weighted by Crippen LogP contribution is -2.33. The molecule has 4 rings (SSSR count). The standard InChI is InChI=1S/C41H54N2O8S2/c1-6-7-8-9-10-11-12-13-14-15-20-38(50-32-25-27-37(44)35(29-32)41(2,3)4)40(45)42-30-21-23-31(24-22-30)51-53(48,49)39-28-26-36(43-52(5,46)47)33-18-16-17-19-34(33)39/h16-19,21-29,38,43-44H,6-15,20H2,1-5H3,(H,42,45). The number of aromatic hydroxyl groups is 1. The van der Waals surface area contributed by atoms with Crippen LogP contribution in [0.2, 0.25) is 0 Å². The van der Waals surface area contributed by atoms with Crippen LogP contribution in [0.25, 0.3) is 10.8 Å². The summed E-state index contributed by atoms with van der Waals surface area (Å²) in [5.41, 5.74) is 1.06. The Hall–Kier alpha value is -4.29. The van der Waals surface area contributed by atoms with Gasteiger partial charge in [-0.05, 0) is 72.9 Å². The fourth-order valence-corrected chi connectivity index (χ4v) is 7.89. The van der Waals surface area contributed by atoms with Gasteiger partial charge in [-0.15, -0.1) is 0 Å². The number of hydrogen-bond donors (Lipinski definition) is 3. The summed E-state index contributed by atoms with van der Waals surface area (Å²) < 4.78 is 64.7. The highest BCUT2D eigenvalue weighted by molar-refractivity contribution is 7.92. The van der Waals surface area contributed by atoms with Crippen LogP contribution in [0.4, 0.5) is 11.4 Å². The molecule has 10 nitrogen and oxygen atoms in total. The first-order chi connectivity index (χ1) is 25.1. The maximum atomic E-state index is 13.6. The van der Waals surface area contributed by atoms with Gasteiger partial charge in [0.2, 0.25) is 10.0 Å². The van der Waals surface area contributed by atoms with Crippen LogP contribution in [0.3, 0.4) is 0 Å². The van der Waals surface area contributed by atoms with Crippen LogP contribution in [0.15, 0.2) is 83.8 Å².